The molecule has 0 aromatic carbocycles. The van der Waals surface area contributed by atoms with E-state index in [1.165, 1.54) is 6.08 Å². The molecule has 0 aromatic heterocycles. The normalized spacial score (nSPS) is 14.2. The molecule has 0 rings (SSSR count). The lowest BCUT2D eigenvalue weighted by atomic mass is 10.8. The summed E-state index contributed by atoms with van der Waals surface area (Å²) in [5.41, 5.74) is 0. The monoisotopic (exact) mass is 194 g/mol. The summed E-state index contributed by atoms with van der Waals surface area (Å²) in [5.74, 6) is 0. The summed E-state index contributed by atoms with van der Waals surface area (Å²) in [5, 5.41) is 0.852. The summed E-state index contributed by atoms with van der Waals surface area (Å²) >= 11 is 0. The first kappa shape index (κ1) is 10.9. The Kier molecular flexibility index (Phi) is 3.47. The maximum absolute atomic E-state index is 10.2. The van der Waals surface area contributed by atoms with Gasteiger partial charge in [0.1, 0.15) is 0 Å². The largest absolute Gasteiger partial charge is 0.287 e. The van der Waals surface area contributed by atoms with Gasteiger partial charge in [-0.15, -0.1) is 0 Å². The van der Waals surface area contributed by atoms with Crippen molar-refractivity contribution >= 4 is 18.2 Å². The van der Waals surface area contributed by atoms with Gasteiger partial charge in [0.25, 0.3) is 10.1 Å². The van der Waals surface area contributed by atoms with E-state index >= 15 is 0 Å². The summed E-state index contributed by atoms with van der Waals surface area (Å²) in [6.07, 6.45) is 1.52. The molecule has 0 saturated carbocycles. The van der Waals surface area contributed by atoms with Crippen molar-refractivity contribution < 1.29 is 13.0 Å². The lowest BCUT2D eigenvalue weighted by Crippen LogP contribution is -2.17. The molecule has 0 unspecified atom stereocenters. The molecule has 0 radical (unpaired) electrons. The standard InChI is InChI=1S/C6H14O3SSi/c1-11(2,3)6-4-5-10(7,8)9/h4-5H,6H2,1-3H3,(H,7,8,9). The van der Waals surface area contributed by atoms with E-state index in [0.29, 0.717) is 0 Å². The number of hydrogen-bond donors (Lipinski definition) is 1. The highest BCUT2D eigenvalue weighted by molar-refractivity contribution is 7.88. The van der Waals surface area contributed by atoms with Crippen molar-refractivity contribution in [3.63, 3.8) is 0 Å². The van der Waals surface area contributed by atoms with Crippen LogP contribution < -0.4 is 0 Å². The van der Waals surface area contributed by atoms with Crippen molar-refractivity contribution in [3.05, 3.63) is 11.5 Å². The summed E-state index contributed by atoms with van der Waals surface area (Å²) in [4.78, 5) is 0. The van der Waals surface area contributed by atoms with Gasteiger partial charge in [-0.25, -0.2) is 0 Å². The van der Waals surface area contributed by atoms with Crippen molar-refractivity contribution in [3.8, 4) is 0 Å². The molecule has 0 aromatic rings. The van der Waals surface area contributed by atoms with Gasteiger partial charge in [0.15, 0.2) is 0 Å². The van der Waals surface area contributed by atoms with Gasteiger partial charge >= 0.3 is 0 Å². The van der Waals surface area contributed by atoms with Crippen LogP contribution in [0.25, 0.3) is 0 Å². The van der Waals surface area contributed by atoms with Crippen LogP contribution in [0.2, 0.25) is 25.7 Å². The van der Waals surface area contributed by atoms with Gasteiger partial charge in [-0.3, -0.25) is 4.55 Å². The zero-order chi connectivity index (χ0) is 9.12. The molecule has 66 valence electrons. The average Bonchev–Trinajstić information content (AvgIpc) is 1.55. The Morgan fingerprint density at radius 1 is 1.36 bits per heavy atom. The molecular formula is C6H14O3SSi. The van der Waals surface area contributed by atoms with Crippen molar-refractivity contribution in [2.45, 2.75) is 25.7 Å². The van der Waals surface area contributed by atoms with Crippen molar-refractivity contribution in [2.75, 3.05) is 0 Å². The van der Waals surface area contributed by atoms with E-state index in [0.717, 1.165) is 11.5 Å². The van der Waals surface area contributed by atoms with Crippen LogP contribution in [0.4, 0.5) is 0 Å². The van der Waals surface area contributed by atoms with Crippen LogP contribution in [0.3, 0.4) is 0 Å². The third kappa shape index (κ3) is 9.87. The minimum absolute atomic E-state index is 0.771. The lowest BCUT2D eigenvalue weighted by molar-refractivity contribution is 0.494. The maximum atomic E-state index is 10.2. The number of hydrogen-bond acceptors (Lipinski definition) is 2. The third-order valence-corrected chi connectivity index (χ3v) is 3.00. The smallest absolute Gasteiger partial charge is 0.282 e. The molecule has 0 amide bonds. The van der Waals surface area contributed by atoms with Crippen LogP contribution >= 0.6 is 0 Å². The minimum atomic E-state index is -3.90. The third-order valence-electron chi connectivity index (χ3n) is 0.998. The fraction of sp³-hybridized carbons (Fsp3) is 0.667. The van der Waals surface area contributed by atoms with Crippen LogP contribution in [0.5, 0.6) is 0 Å². The summed E-state index contributed by atoms with van der Waals surface area (Å²) < 4.78 is 28.7. The molecule has 0 aliphatic rings. The Labute approximate surface area is 68.9 Å². The lowest BCUT2D eigenvalue weighted by Gasteiger charge is -2.10. The molecule has 5 heteroatoms. The van der Waals surface area contributed by atoms with Crippen LogP contribution in [0.15, 0.2) is 11.5 Å². The molecule has 0 aliphatic heterocycles. The molecule has 0 heterocycles. The molecule has 0 saturated heterocycles. The fourth-order valence-electron chi connectivity index (χ4n) is 0.523. The minimum Gasteiger partial charge on any atom is -0.282 e. The van der Waals surface area contributed by atoms with E-state index in [-0.39, 0.29) is 0 Å². The molecule has 0 bridgehead atoms. The Balaban J connectivity index is 4.01. The van der Waals surface area contributed by atoms with E-state index in [2.05, 4.69) is 19.6 Å². The zero-order valence-electron chi connectivity index (χ0n) is 7.03. The Morgan fingerprint density at radius 2 is 1.82 bits per heavy atom. The predicted molar refractivity (Wildman–Crippen MR) is 48.8 cm³/mol. The van der Waals surface area contributed by atoms with Crippen molar-refractivity contribution in [2.24, 2.45) is 0 Å². The fourth-order valence-corrected chi connectivity index (χ4v) is 1.86. The van der Waals surface area contributed by atoms with Gasteiger partial charge < -0.3 is 0 Å². The van der Waals surface area contributed by atoms with Gasteiger partial charge in [0.2, 0.25) is 0 Å². The first-order valence-electron chi connectivity index (χ1n) is 3.35. The van der Waals surface area contributed by atoms with Crippen LogP contribution in [-0.2, 0) is 10.1 Å². The Bertz CT molecular complexity index is 235. The number of rotatable bonds is 3. The molecule has 11 heavy (non-hydrogen) atoms. The molecular weight excluding hydrogens is 180 g/mol. The Morgan fingerprint density at radius 3 is 2.09 bits per heavy atom. The Hall–Kier alpha value is -0.133. The van der Waals surface area contributed by atoms with Crippen molar-refractivity contribution in [1.82, 2.24) is 0 Å². The second-order valence-electron chi connectivity index (χ2n) is 3.65. The number of allylic oxidation sites excluding steroid dienone is 1. The van der Waals surface area contributed by atoms with Gasteiger partial charge in [0.05, 0.1) is 5.41 Å². The second-order valence-corrected chi connectivity index (χ2v) is 10.5. The molecule has 0 atom stereocenters. The van der Waals surface area contributed by atoms with Crippen LogP contribution in [0, 0.1) is 0 Å². The highest BCUT2D eigenvalue weighted by Crippen LogP contribution is 2.08. The van der Waals surface area contributed by atoms with E-state index in [1.54, 1.807) is 0 Å². The molecule has 3 nitrogen and oxygen atoms in total. The van der Waals surface area contributed by atoms with Crippen molar-refractivity contribution in [1.29, 1.82) is 0 Å². The summed E-state index contributed by atoms with van der Waals surface area (Å²) in [7, 11) is -5.12. The molecule has 0 aliphatic carbocycles. The zero-order valence-corrected chi connectivity index (χ0v) is 8.85. The van der Waals surface area contributed by atoms with Gasteiger partial charge in [-0.2, -0.15) is 8.42 Å². The van der Waals surface area contributed by atoms with Crippen LogP contribution in [0.1, 0.15) is 0 Å². The van der Waals surface area contributed by atoms with E-state index < -0.39 is 18.2 Å². The quantitative estimate of drug-likeness (QED) is 0.550. The highest BCUT2D eigenvalue weighted by atomic mass is 32.2. The molecule has 0 spiro atoms. The molecule has 1 N–H and O–H groups in total. The second kappa shape index (κ2) is 3.51. The van der Waals surface area contributed by atoms with Crippen LogP contribution in [-0.4, -0.2) is 21.0 Å². The van der Waals surface area contributed by atoms with E-state index in [4.69, 9.17) is 4.55 Å². The average molecular weight is 194 g/mol. The first-order valence-corrected chi connectivity index (χ1v) is 8.56. The van der Waals surface area contributed by atoms with E-state index in [9.17, 15) is 8.42 Å². The topological polar surface area (TPSA) is 54.4 Å². The predicted octanol–water partition coefficient (Wildman–Crippen LogP) is 1.73. The van der Waals surface area contributed by atoms with Gasteiger partial charge in [-0.1, -0.05) is 25.7 Å². The van der Waals surface area contributed by atoms with Gasteiger partial charge in [-0.05, 0) is 6.04 Å². The van der Waals surface area contributed by atoms with Gasteiger partial charge in [0, 0.05) is 8.07 Å². The summed E-state index contributed by atoms with van der Waals surface area (Å²) in [6.45, 7) is 6.38. The van der Waals surface area contributed by atoms with E-state index in [1.807, 2.05) is 0 Å². The molecule has 0 fully saturated rings. The SMILES string of the molecule is C[Si](C)(C)CC=CS(=O)(=O)O. The first-order chi connectivity index (χ1) is 4.71. The summed E-state index contributed by atoms with van der Waals surface area (Å²) in [6, 6.07) is 0.771. The maximum Gasteiger partial charge on any atom is 0.287 e. The highest BCUT2D eigenvalue weighted by Gasteiger charge is 2.10.